The number of aromatic nitrogens is 1. The SMILES string of the molecule is CC(C)(C)c1ccc(N2CN(c3ccccc3-c3ccccc3)c3ncccc32)cc1. The van der Waals surface area contributed by atoms with Crippen molar-refractivity contribution < 1.29 is 0 Å². The number of hydrogen-bond donors (Lipinski definition) is 0. The number of rotatable bonds is 3. The van der Waals surface area contributed by atoms with Gasteiger partial charge in [-0.3, -0.25) is 0 Å². The number of anilines is 4. The Balaban J connectivity index is 1.57. The third kappa shape index (κ3) is 3.57. The van der Waals surface area contributed by atoms with Crippen LogP contribution in [0.3, 0.4) is 0 Å². The van der Waals surface area contributed by atoms with Crippen LogP contribution in [0.2, 0.25) is 0 Å². The molecule has 0 fully saturated rings. The first kappa shape index (κ1) is 19.4. The van der Waals surface area contributed by atoms with E-state index in [1.165, 1.54) is 28.1 Å². The lowest BCUT2D eigenvalue weighted by Gasteiger charge is -2.25. The standard InChI is InChI=1S/C28H27N3/c1-28(2,3)22-15-17-23(18-16-22)30-20-31(27-26(30)14-9-19-29-27)25-13-8-7-12-24(25)21-10-5-4-6-11-21/h4-19H,20H2,1-3H3. The van der Waals surface area contributed by atoms with Crippen LogP contribution in [0, 0.1) is 0 Å². The Morgan fingerprint density at radius 3 is 2.10 bits per heavy atom. The van der Waals surface area contributed by atoms with E-state index in [-0.39, 0.29) is 5.41 Å². The van der Waals surface area contributed by atoms with Crippen LogP contribution in [0.15, 0.2) is 97.2 Å². The largest absolute Gasteiger partial charge is 0.320 e. The van der Waals surface area contributed by atoms with Crippen molar-refractivity contribution in [3.63, 3.8) is 0 Å². The molecule has 0 spiro atoms. The van der Waals surface area contributed by atoms with Crippen LogP contribution in [0.25, 0.3) is 11.1 Å². The number of fused-ring (bicyclic) bond motifs is 1. The van der Waals surface area contributed by atoms with Crippen molar-refractivity contribution in [1.82, 2.24) is 4.98 Å². The van der Waals surface area contributed by atoms with E-state index in [1.54, 1.807) is 0 Å². The second kappa shape index (κ2) is 7.59. The summed E-state index contributed by atoms with van der Waals surface area (Å²) >= 11 is 0. The molecular formula is C28H27N3. The molecule has 31 heavy (non-hydrogen) atoms. The highest BCUT2D eigenvalue weighted by molar-refractivity contribution is 5.89. The van der Waals surface area contributed by atoms with Gasteiger partial charge in [-0.05, 0) is 46.9 Å². The summed E-state index contributed by atoms with van der Waals surface area (Å²) in [6, 6.07) is 32.3. The van der Waals surface area contributed by atoms with E-state index in [1.807, 2.05) is 12.3 Å². The van der Waals surface area contributed by atoms with E-state index in [0.29, 0.717) is 0 Å². The summed E-state index contributed by atoms with van der Waals surface area (Å²) < 4.78 is 0. The Hall–Kier alpha value is -3.59. The van der Waals surface area contributed by atoms with Crippen molar-refractivity contribution in [2.24, 2.45) is 0 Å². The molecule has 0 amide bonds. The monoisotopic (exact) mass is 405 g/mol. The highest BCUT2D eigenvalue weighted by Gasteiger charge is 2.30. The summed E-state index contributed by atoms with van der Waals surface area (Å²) in [5, 5.41) is 0. The average Bonchev–Trinajstić information content (AvgIpc) is 3.19. The van der Waals surface area contributed by atoms with Gasteiger partial charge in [-0.2, -0.15) is 0 Å². The number of hydrogen-bond acceptors (Lipinski definition) is 3. The molecule has 0 N–H and O–H groups in total. The van der Waals surface area contributed by atoms with Crippen LogP contribution >= 0.6 is 0 Å². The molecule has 2 heterocycles. The highest BCUT2D eigenvalue weighted by atomic mass is 15.4. The molecule has 0 unspecified atom stereocenters. The third-order valence-corrected chi connectivity index (χ3v) is 5.92. The van der Waals surface area contributed by atoms with Gasteiger partial charge in [0.1, 0.15) is 6.67 Å². The Labute approximate surface area is 184 Å². The first-order chi connectivity index (χ1) is 15.0. The summed E-state index contributed by atoms with van der Waals surface area (Å²) in [5.41, 5.74) is 7.39. The van der Waals surface area contributed by atoms with Crippen LogP contribution in [0.1, 0.15) is 26.3 Å². The van der Waals surface area contributed by atoms with Gasteiger partial charge in [0.2, 0.25) is 0 Å². The van der Waals surface area contributed by atoms with Gasteiger partial charge in [-0.25, -0.2) is 4.98 Å². The minimum absolute atomic E-state index is 0.143. The Morgan fingerprint density at radius 2 is 1.35 bits per heavy atom. The number of pyridine rings is 1. The van der Waals surface area contributed by atoms with E-state index in [2.05, 4.69) is 116 Å². The molecule has 0 saturated carbocycles. The van der Waals surface area contributed by atoms with Crippen molar-refractivity contribution in [2.75, 3.05) is 16.5 Å². The lowest BCUT2D eigenvalue weighted by Crippen LogP contribution is -2.24. The van der Waals surface area contributed by atoms with E-state index in [9.17, 15) is 0 Å². The smallest absolute Gasteiger partial charge is 0.158 e. The molecule has 3 aromatic carbocycles. The Morgan fingerprint density at radius 1 is 0.677 bits per heavy atom. The second-order valence-corrected chi connectivity index (χ2v) is 9.02. The molecule has 0 bridgehead atoms. The minimum atomic E-state index is 0.143. The maximum Gasteiger partial charge on any atom is 0.158 e. The zero-order valence-corrected chi connectivity index (χ0v) is 18.3. The zero-order valence-electron chi connectivity index (χ0n) is 18.3. The second-order valence-electron chi connectivity index (χ2n) is 9.02. The zero-order chi connectivity index (χ0) is 21.4. The predicted molar refractivity (Wildman–Crippen MR) is 130 cm³/mol. The molecule has 0 saturated heterocycles. The molecule has 3 heteroatoms. The molecule has 5 rings (SSSR count). The van der Waals surface area contributed by atoms with Crippen molar-refractivity contribution in [3.8, 4) is 11.1 Å². The van der Waals surface area contributed by atoms with Crippen LogP contribution in [-0.2, 0) is 5.41 Å². The fourth-order valence-corrected chi connectivity index (χ4v) is 4.21. The maximum absolute atomic E-state index is 4.77. The molecule has 0 aliphatic carbocycles. The topological polar surface area (TPSA) is 19.4 Å². The summed E-state index contributed by atoms with van der Waals surface area (Å²) in [5.74, 6) is 0.991. The van der Waals surface area contributed by atoms with Gasteiger partial charge in [0.05, 0.1) is 11.4 Å². The van der Waals surface area contributed by atoms with E-state index < -0.39 is 0 Å². The molecule has 154 valence electrons. The van der Waals surface area contributed by atoms with Crippen molar-refractivity contribution in [3.05, 3.63) is 103 Å². The van der Waals surface area contributed by atoms with Crippen molar-refractivity contribution in [2.45, 2.75) is 26.2 Å². The molecule has 1 aliphatic rings. The quantitative estimate of drug-likeness (QED) is 0.357. The van der Waals surface area contributed by atoms with Gasteiger partial charge in [0.15, 0.2) is 5.82 Å². The fraction of sp³-hybridized carbons (Fsp3) is 0.179. The Kier molecular flexibility index (Phi) is 4.74. The third-order valence-electron chi connectivity index (χ3n) is 5.92. The van der Waals surface area contributed by atoms with Gasteiger partial charge in [0.25, 0.3) is 0 Å². The minimum Gasteiger partial charge on any atom is -0.320 e. The van der Waals surface area contributed by atoms with Gasteiger partial charge in [0, 0.05) is 17.4 Å². The lowest BCUT2D eigenvalue weighted by molar-refractivity contribution is 0.590. The number of nitrogens with zero attached hydrogens (tertiary/aromatic N) is 3. The van der Waals surface area contributed by atoms with Crippen molar-refractivity contribution in [1.29, 1.82) is 0 Å². The fourth-order valence-electron chi connectivity index (χ4n) is 4.21. The van der Waals surface area contributed by atoms with Gasteiger partial charge in [-0.15, -0.1) is 0 Å². The highest BCUT2D eigenvalue weighted by Crippen LogP contribution is 2.45. The average molecular weight is 406 g/mol. The summed E-state index contributed by atoms with van der Waals surface area (Å²) in [7, 11) is 0. The molecule has 0 radical (unpaired) electrons. The molecule has 4 aromatic rings. The number of para-hydroxylation sites is 1. The van der Waals surface area contributed by atoms with Gasteiger partial charge < -0.3 is 9.80 Å². The molecule has 1 aliphatic heterocycles. The first-order valence-corrected chi connectivity index (χ1v) is 10.8. The van der Waals surface area contributed by atoms with E-state index in [4.69, 9.17) is 4.98 Å². The summed E-state index contributed by atoms with van der Waals surface area (Å²) in [6.07, 6.45) is 1.88. The Bertz CT molecular complexity index is 1190. The molecule has 0 atom stereocenters. The van der Waals surface area contributed by atoms with Gasteiger partial charge >= 0.3 is 0 Å². The molecule has 1 aromatic heterocycles. The van der Waals surface area contributed by atoms with Crippen LogP contribution in [0.4, 0.5) is 22.9 Å². The van der Waals surface area contributed by atoms with E-state index >= 15 is 0 Å². The molecular weight excluding hydrogens is 378 g/mol. The van der Waals surface area contributed by atoms with Gasteiger partial charge in [-0.1, -0.05) is 81.4 Å². The van der Waals surface area contributed by atoms with Crippen LogP contribution in [-0.4, -0.2) is 11.7 Å². The number of benzene rings is 3. The van der Waals surface area contributed by atoms with Crippen LogP contribution in [0.5, 0.6) is 0 Å². The predicted octanol–water partition coefficient (Wildman–Crippen LogP) is 7.29. The normalized spacial score (nSPS) is 13.4. The molecule has 3 nitrogen and oxygen atoms in total. The van der Waals surface area contributed by atoms with Crippen molar-refractivity contribution >= 4 is 22.9 Å². The lowest BCUT2D eigenvalue weighted by atomic mass is 9.87. The van der Waals surface area contributed by atoms with Crippen LogP contribution < -0.4 is 9.80 Å². The van der Waals surface area contributed by atoms with E-state index in [0.717, 1.165) is 18.2 Å². The first-order valence-electron chi connectivity index (χ1n) is 10.8. The maximum atomic E-state index is 4.77. The summed E-state index contributed by atoms with van der Waals surface area (Å²) in [4.78, 5) is 9.43. The summed E-state index contributed by atoms with van der Waals surface area (Å²) in [6.45, 7) is 7.48.